The molecule has 0 fully saturated rings. The molecule has 8 aromatic rings. The lowest BCUT2D eigenvalue weighted by atomic mass is 9.88. The Labute approximate surface area is 248 Å². The number of hydrogen-bond donors (Lipinski definition) is 0. The van der Waals surface area contributed by atoms with Crippen molar-refractivity contribution in [1.82, 2.24) is 28.5 Å². The highest BCUT2D eigenvalue weighted by atomic mass is 16.5. The highest BCUT2D eigenvalue weighted by molar-refractivity contribution is 5.93. The van der Waals surface area contributed by atoms with E-state index < -0.39 is 0 Å². The van der Waals surface area contributed by atoms with Crippen molar-refractivity contribution in [2.45, 2.75) is 33.1 Å². The van der Waals surface area contributed by atoms with Crippen LogP contribution in [0, 0.1) is 6.92 Å². The maximum atomic E-state index is 6.49. The Hall–Kier alpha value is -5.43. The van der Waals surface area contributed by atoms with Crippen molar-refractivity contribution in [3.63, 3.8) is 0 Å². The van der Waals surface area contributed by atoms with E-state index in [1.54, 1.807) is 0 Å². The molecule has 0 spiro atoms. The van der Waals surface area contributed by atoms with Gasteiger partial charge in [0.25, 0.3) is 0 Å². The van der Waals surface area contributed by atoms with E-state index in [4.69, 9.17) is 14.7 Å². The van der Waals surface area contributed by atoms with Gasteiger partial charge in [0, 0.05) is 18.3 Å². The lowest BCUT2D eigenvalue weighted by molar-refractivity contribution is 0.483. The minimum Gasteiger partial charge on any atom is -0.457 e. The average Bonchev–Trinajstić information content (AvgIpc) is 3.69. The van der Waals surface area contributed by atoms with Crippen molar-refractivity contribution in [2.75, 3.05) is 0 Å². The maximum Gasteiger partial charge on any atom is 0.221 e. The first-order chi connectivity index (χ1) is 20.8. The molecule has 4 heterocycles. The normalized spacial score (nSPS) is 12.2. The molecule has 0 radical (unpaired) electrons. The molecule has 0 unspecified atom stereocenters. The summed E-state index contributed by atoms with van der Waals surface area (Å²) >= 11 is 0. The molecule has 0 bridgehead atoms. The van der Waals surface area contributed by atoms with Gasteiger partial charge in [-0.15, -0.1) is 0 Å². The SMILES string of the molecule is Cc1cccc2c1nc1n(-c3cc(C(C)(C)C)ccn3)c3cc(Oc4cccc(-n5cnc6ccccc65)c4)ccc3n21. The second-order valence-corrected chi connectivity index (χ2v) is 12.0. The van der Waals surface area contributed by atoms with Crippen molar-refractivity contribution in [1.29, 1.82) is 0 Å². The predicted molar refractivity (Wildman–Crippen MR) is 172 cm³/mol. The van der Waals surface area contributed by atoms with Crippen LogP contribution in [0.5, 0.6) is 11.5 Å². The number of para-hydroxylation sites is 3. The summed E-state index contributed by atoms with van der Waals surface area (Å²) in [6.07, 6.45) is 3.74. The molecule has 0 aliphatic carbocycles. The highest BCUT2D eigenvalue weighted by Crippen LogP contribution is 2.34. The molecule has 7 nitrogen and oxygen atoms in total. The second-order valence-electron chi connectivity index (χ2n) is 12.0. The van der Waals surface area contributed by atoms with Crippen molar-refractivity contribution in [3.8, 4) is 23.0 Å². The molecule has 0 saturated carbocycles. The first kappa shape index (κ1) is 25.3. The van der Waals surface area contributed by atoms with Crippen LogP contribution in [0.2, 0.25) is 0 Å². The Bertz CT molecular complexity index is 2330. The first-order valence-electron chi connectivity index (χ1n) is 14.4. The lowest BCUT2D eigenvalue weighted by Crippen LogP contribution is -2.12. The molecule has 8 rings (SSSR count). The van der Waals surface area contributed by atoms with Gasteiger partial charge < -0.3 is 4.74 Å². The van der Waals surface area contributed by atoms with Gasteiger partial charge in [0.05, 0.1) is 38.8 Å². The van der Waals surface area contributed by atoms with Gasteiger partial charge in [-0.25, -0.2) is 15.0 Å². The van der Waals surface area contributed by atoms with Crippen LogP contribution in [0.1, 0.15) is 31.9 Å². The summed E-state index contributed by atoms with van der Waals surface area (Å²) in [6.45, 7) is 8.76. The predicted octanol–water partition coefficient (Wildman–Crippen LogP) is 8.56. The number of fused-ring (bicyclic) bond motifs is 6. The topological polar surface area (TPSA) is 62.2 Å². The van der Waals surface area contributed by atoms with Crippen LogP contribution in [0.25, 0.3) is 50.4 Å². The van der Waals surface area contributed by atoms with E-state index in [1.165, 1.54) is 5.56 Å². The van der Waals surface area contributed by atoms with Gasteiger partial charge >= 0.3 is 0 Å². The van der Waals surface area contributed by atoms with Crippen LogP contribution < -0.4 is 4.74 Å². The molecule has 0 atom stereocenters. The van der Waals surface area contributed by atoms with Crippen molar-refractivity contribution < 1.29 is 4.74 Å². The molecule has 210 valence electrons. The van der Waals surface area contributed by atoms with E-state index in [2.05, 4.69) is 101 Å². The van der Waals surface area contributed by atoms with Gasteiger partial charge in [0.15, 0.2) is 0 Å². The van der Waals surface area contributed by atoms with Gasteiger partial charge in [-0.3, -0.25) is 13.5 Å². The van der Waals surface area contributed by atoms with Gasteiger partial charge in [0.2, 0.25) is 5.78 Å². The van der Waals surface area contributed by atoms with Crippen LogP contribution in [-0.2, 0) is 5.41 Å². The molecular weight excluding hydrogens is 532 g/mol. The number of rotatable bonds is 4. The third kappa shape index (κ3) is 4.07. The van der Waals surface area contributed by atoms with E-state index in [1.807, 2.05) is 55.0 Å². The molecule has 7 heteroatoms. The molecule has 4 aromatic carbocycles. The highest BCUT2D eigenvalue weighted by Gasteiger charge is 2.21. The summed E-state index contributed by atoms with van der Waals surface area (Å²) in [4.78, 5) is 14.5. The van der Waals surface area contributed by atoms with E-state index in [0.29, 0.717) is 0 Å². The minimum atomic E-state index is -0.0203. The number of ether oxygens (including phenoxy) is 1. The summed E-state index contributed by atoms with van der Waals surface area (Å²) in [6, 6.07) is 33.0. The third-order valence-electron chi connectivity index (χ3n) is 8.12. The van der Waals surface area contributed by atoms with Gasteiger partial charge in [0.1, 0.15) is 23.6 Å². The molecule has 0 N–H and O–H groups in total. The van der Waals surface area contributed by atoms with E-state index in [0.717, 1.165) is 67.4 Å². The first-order valence-corrected chi connectivity index (χ1v) is 14.4. The zero-order chi connectivity index (χ0) is 29.3. The summed E-state index contributed by atoms with van der Waals surface area (Å²) in [5.41, 5.74) is 9.39. The lowest BCUT2D eigenvalue weighted by Gasteiger charge is -2.19. The number of benzene rings is 4. The number of nitrogens with zero attached hydrogens (tertiary/aromatic N) is 6. The maximum absolute atomic E-state index is 6.49. The number of pyridine rings is 1. The van der Waals surface area contributed by atoms with E-state index >= 15 is 0 Å². The monoisotopic (exact) mass is 562 g/mol. The molecule has 43 heavy (non-hydrogen) atoms. The van der Waals surface area contributed by atoms with E-state index in [-0.39, 0.29) is 5.41 Å². The average molecular weight is 563 g/mol. The summed E-state index contributed by atoms with van der Waals surface area (Å²) in [5.74, 6) is 3.12. The summed E-state index contributed by atoms with van der Waals surface area (Å²) in [5, 5.41) is 0. The second kappa shape index (κ2) is 9.29. The minimum absolute atomic E-state index is 0.0203. The van der Waals surface area contributed by atoms with Crippen molar-refractivity contribution >= 4 is 38.9 Å². The number of aromatic nitrogens is 6. The van der Waals surface area contributed by atoms with Crippen molar-refractivity contribution in [2.24, 2.45) is 0 Å². The largest absolute Gasteiger partial charge is 0.457 e. The van der Waals surface area contributed by atoms with Crippen LogP contribution in [0.15, 0.2) is 110 Å². The molecule has 4 aromatic heterocycles. The summed E-state index contributed by atoms with van der Waals surface area (Å²) in [7, 11) is 0. The molecule has 0 aliphatic rings. The van der Waals surface area contributed by atoms with E-state index in [9.17, 15) is 0 Å². The zero-order valence-corrected chi connectivity index (χ0v) is 24.5. The molecule has 0 aliphatic heterocycles. The van der Waals surface area contributed by atoms with Gasteiger partial charge in [-0.2, -0.15) is 0 Å². The van der Waals surface area contributed by atoms with Gasteiger partial charge in [-0.1, -0.05) is 51.1 Å². The summed E-state index contributed by atoms with van der Waals surface area (Å²) < 4.78 is 12.9. The number of aryl methyl sites for hydroxylation is 1. The number of imidazole rings is 3. The fraction of sp³-hybridized carbons (Fsp3) is 0.139. The molecular formula is C36H30N6O. The Balaban J connectivity index is 1.29. The smallest absolute Gasteiger partial charge is 0.221 e. The standard InChI is InChI=1S/C36H30N6O/c1-23-9-7-14-31-34(23)39-35-41(31)30-16-15-27(21-32(30)42(35)33-19-24(17-18-37-33)36(2,3)4)43-26-11-8-10-25(20-26)40-22-38-28-12-5-6-13-29(28)40/h5-22H,1-4H3. The Morgan fingerprint density at radius 1 is 0.698 bits per heavy atom. The van der Waals surface area contributed by atoms with Crippen LogP contribution in [-0.4, -0.2) is 28.5 Å². The Morgan fingerprint density at radius 2 is 1.51 bits per heavy atom. The van der Waals surface area contributed by atoms with Crippen LogP contribution in [0.3, 0.4) is 0 Å². The fourth-order valence-corrected chi connectivity index (χ4v) is 5.89. The molecule has 0 amide bonds. The zero-order valence-electron chi connectivity index (χ0n) is 24.5. The van der Waals surface area contributed by atoms with Crippen molar-refractivity contribution in [3.05, 3.63) is 121 Å². The molecule has 0 saturated heterocycles. The quantitative estimate of drug-likeness (QED) is 0.216. The van der Waals surface area contributed by atoms with Crippen LogP contribution >= 0.6 is 0 Å². The third-order valence-corrected chi connectivity index (χ3v) is 8.12. The number of hydrogen-bond acceptors (Lipinski definition) is 4. The fourth-order valence-electron chi connectivity index (χ4n) is 5.89. The van der Waals surface area contributed by atoms with Crippen LogP contribution in [0.4, 0.5) is 0 Å². The Morgan fingerprint density at radius 3 is 2.40 bits per heavy atom. The van der Waals surface area contributed by atoms with Gasteiger partial charge in [-0.05, 0) is 78.1 Å². The Kier molecular flexibility index (Phi) is 5.46.